The number of nitrogens with one attached hydrogen (secondary N) is 1. The first kappa shape index (κ1) is 26.0. The van der Waals surface area contributed by atoms with Crippen LogP contribution in [0.2, 0.25) is 10.0 Å². The predicted octanol–water partition coefficient (Wildman–Crippen LogP) is 5.70. The second-order valence-electron chi connectivity index (χ2n) is 7.72. The second-order valence-corrected chi connectivity index (χ2v) is 10.6. The molecule has 0 aromatic heterocycles. The van der Waals surface area contributed by atoms with Gasteiger partial charge in [0.05, 0.1) is 17.5 Å². The summed E-state index contributed by atoms with van der Waals surface area (Å²) in [7, 11) is -2.29. The molecule has 34 heavy (non-hydrogen) atoms. The first-order chi connectivity index (χ1) is 16.1. The molecule has 0 saturated heterocycles. The number of hydrogen-bond donors (Lipinski definition) is 1. The van der Waals surface area contributed by atoms with Gasteiger partial charge in [-0.25, -0.2) is 8.42 Å². The summed E-state index contributed by atoms with van der Waals surface area (Å²) in [4.78, 5) is 13.1. The minimum absolute atomic E-state index is 0.0220. The lowest BCUT2D eigenvalue weighted by Crippen LogP contribution is -2.28. The normalized spacial score (nSPS) is 12.4. The monoisotopic (exact) mass is 520 g/mol. The molecule has 1 atom stereocenters. The molecule has 0 radical (unpaired) electrons. The summed E-state index contributed by atoms with van der Waals surface area (Å²) in [5.41, 5.74) is 1.89. The number of carbonyl (C=O) groups excluding carboxylic acids is 1. The molecular weight excluding hydrogens is 495 g/mol. The van der Waals surface area contributed by atoms with E-state index in [4.69, 9.17) is 27.9 Å². The van der Waals surface area contributed by atoms with E-state index in [1.54, 1.807) is 30.3 Å². The van der Waals surface area contributed by atoms with Crippen LogP contribution in [0, 0.1) is 0 Å². The zero-order valence-corrected chi connectivity index (χ0v) is 21.4. The molecule has 0 fully saturated rings. The molecule has 3 aromatic rings. The molecule has 0 bridgehead atoms. The molecule has 0 aliphatic heterocycles. The van der Waals surface area contributed by atoms with Gasteiger partial charge in [0, 0.05) is 34.8 Å². The van der Waals surface area contributed by atoms with Crippen LogP contribution >= 0.6 is 23.2 Å². The van der Waals surface area contributed by atoms with E-state index in [1.807, 2.05) is 26.0 Å². The fourth-order valence-electron chi connectivity index (χ4n) is 3.37. The summed E-state index contributed by atoms with van der Waals surface area (Å²) in [6, 6.07) is 18.0. The first-order valence-electron chi connectivity index (χ1n) is 10.7. The third-order valence-electron chi connectivity index (χ3n) is 5.25. The van der Waals surface area contributed by atoms with Gasteiger partial charge in [-0.2, -0.15) is 4.31 Å². The van der Waals surface area contributed by atoms with Crippen LogP contribution in [0.5, 0.6) is 5.75 Å². The van der Waals surface area contributed by atoms with E-state index in [9.17, 15) is 13.2 Å². The highest BCUT2D eigenvalue weighted by Crippen LogP contribution is 2.26. The smallest absolute Gasteiger partial charge is 0.251 e. The maximum atomic E-state index is 13.0. The molecule has 9 heteroatoms. The van der Waals surface area contributed by atoms with Gasteiger partial charge in [0.2, 0.25) is 10.0 Å². The highest BCUT2D eigenvalue weighted by atomic mass is 35.5. The lowest BCUT2D eigenvalue weighted by Gasteiger charge is -2.20. The van der Waals surface area contributed by atoms with E-state index in [0.717, 1.165) is 5.56 Å². The molecule has 0 heterocycles. The molecule has 6 nitrogen and oxygen atoms in total. The zero-order chi connectivity index (χ0) is 24.9. The molecule has 0 spiro atoms. The van der Waals surface area contributed by atoms with Gasteiger partial charge in [-0.3, -0.25) is 4.79 Å². The van der Waals surface area contributed by atoms with Gasteiger partial charge in [-0.15, -0.1) is 0 Å². The zero-order valence-electron chi connectivity index (χ0n) is 19.1. The van der Waals surface area contributed by atoms with Crippen molar-refractivity contribution < 1.29 is 17.9 Å². The van der Waals surface area contributed by atoms with E-state index < -0.39 is 10.0 Å². The molecule has 3 rings (SSSR count). The van der Waals surface area contributed by atoms with Crippen molar-refractivity contribution in [3.05, 3.63) is 93.5 Å². The number of amides is 1. The highest BCUT2D eigenvalue weighted by Gasteiger charge is 2.23. The van der Waals surface area contributed by atoms with Crippen molar-refractivity contribution in [2.45, 2.75) is 31.3 Å². The second kappa shape index (κ2) is 11.2. The predicted molar refractivity (Wildman–Crippen MR) is 135 cm³/mol. The van der Waals surface area contributed by atoms with Gasteiger partial charge in [0.25, 0.3) is 5.91 Å². The van der Waals surface area contributed by atoms with Gasteiger partial charge in [0.15, 0.2) is 0 Å². The largest absolute Gasteiger partial charge is 0.494 e. The number of rotatable bonds is 9. The Balaban J connectivity index is 1.83. The minimum Gasteiger partial charge on any atom is -0.494 e. The number of carbonyl (C=O) groups is 1. The van der Waals surface area contributed by atoms with Gasteiger partial charge in [-0.05, 0) is 74.0 Å². The number of halogens is 2. The van der Waals surface area contributed by atoms with Gasteiger partial charge < -0.3 is 10.1 Å². The van der Waals surface area contributed by atoms with Crippen molar-refractivity contribution in [2.75, 3.05) is 13.7 Å². The number of benzene rings is 3. The van der Waals surface area contributed by atoms with Gasteiger partial charge >= 0.3 is 0 Å². The number of nitrogens with zero attached hydrogens (tertiary/aromatic N) is 1. The average molecular weight is 521 g/mol. The molecular formula is C25H26Cl2N2O4S. The summed E-state index contributed by atoms with van der Waals surface area (Å²) in [5, 5.41) is 4.03. The molecule has 0 aliphatic rings. The first-order valence-corrected chi connectivity index (χ1v) is 12.9. The minimum atomic E-state index is -3.77. The fourth-order valence-corrected chi connectivity index (χ4v) is 4.77. The average Bonchev–Trinajstić information content (AvgIpc) is 2.80. The lowest BCUT2D eigenvalue weighted by molar-refractivity contribution is 0.0939. The highest BCUT2D eigenvalue weighted by molar-refractivity contribution is 7.89. The Morgan fingerprint density at radius 2 is 1.59 bits per heavy atom. The maximum absolute atomic E-state index is 13.0. The van der Waals surface area contributed by atoms with Crippen LogP contribution in [0.15, 0.2) is 71.6 Å². The Hall–Kier alpha value is -2.58. The van der Waals surface area contributed by atoms with Gasteiger partial charge in [-0.1, -0.05) is 35.3 Å². The quantitative estimate of drug-likeness (QED) is 0.392. The van der Waals surface area contributed by atoms with Crippen molar-refractivity contribution in [2.24, 2.45) is 0 Å². The van der Waals surface area contributed by atoms with E-state index in [0.29, 0.717) is 33.5 Å². The Morgan fingerprint density at radius 1 is 1.00 bits per heavy atom. The topological polar surface area (TPSA) is 75.7 Å². The van der Waals surface area contributed by atoms with Crippen molar-refractivity contribution >= 4 is 39.1 Å². The van der Waals surface area contributed by atoms with Gasteiger partial charge in [0.1, 0.15) is 5.75 Å². The Kier molecular flexibility index (Phi) is 8.60. The summed E-state index contributed by atoms with van der Waals surface area (Å²) in [5.74, 6) is 0.234. The fraction of sp³-hybridized carbons (Fsp3) is 0.240. The third kappa shape index (κ3) is 6.30. The number of ether oxygens (including phenoxy) is 1. The van der Waals surface area contributed by atoms with Crippen LogP contribution in [0.3, 0.4) is 0 Å². The van der Waals surface area contributed by atoms with E-state index >= 15 is 0 Å². The Bertz CT molecular complexity index is 1250. The summed E-state index contributed by atoms with van der Waals surface area (Å²) >= 11 is 11.8. The Morgan fingerprint density at radius 3 is 2.18 bits per heavy atom. The third-order valence-corrected chi connectivity index (χ3v) is 7.58. The summed E-state index contributed by atoms with van der Waals surface area (Å²) in [6.07, 6.45) is 0. The van der Waals surface area contributed by atoms with Crippen molar-refractivity contribution in [1.29, 1.82) is 0 Å². The Labute approximate surface area is 210 Å². The maximum Gasteiger partial charge on any atom is 0.251 e. The van der Waals surface area contributed by atoms with Crippen LogP contribution in [-0.2, 0) is 16.6 Å². The van der Waals surface area contributed by atoms with Crippen LogP contribution in [0.25, 0.3) is 0 Å². The molecule has 0 saturated carbocycles. The van der Waals surface area contributed by atoms with Crippen LogP contribution in [-0.4, -0.2) is 32.3 Å². The standard InChI is InChI=1S/C25H26Cl2N2O4S/c1-4-33-24-14-7-19(25(30)28-17(2)18-5-8-21(26)9-6-18)15-20(24)16-29(3)34(31,32)23-12-10-22(27)11-13-23/h5-15,17H,4,16H2,1-3H3,(H,28,30)/t17-/m0/s1. The van der Waals surface area contributed by atoms with Crippen LogP contribution < -0.4 is 10.1 Å². The molecule has 1 N–H and O–H groups in total. The van der Waals surface area contributed by atoms with Crippen molar-refractivity contribution in [3.63, 3.8) is 0 Å². The molecule has 1 amide bonds. The van der Waals surface area contributed by atoms with E-state index in [1.165, 1.54) is 35.6 Å². The number of hydrogen-bond acceptors (Lipinski definition) is 4. The lowest BCUT2D eigenvalue weighted by atomic mass is 10.1. The van der Waals surface area contributed by atoms with Crippen molar-refractivity contribution in [3.8, 4) is 5.75 Å². The van der Waals surface area contributed by atoms with E-state index in [-0.39, 0.29) is 23.4 Å². The SMILES string of the molecule is CCOc1ccc(C(=O)N[C@@H](C)c2ccc(Cl)cc2)cc1CN(C)S(=O)(=O)c1ccc(Cl)cc1. The molecule has 0 unspecified atom stereocenters. The molecule has 3 aromatic carbocycles. The number of sulfonamides is 1. The van der Waals surface area contributed by atoms with E-state index in [2.05, 4.69) is 5.32 Å². The molecule has 180 valence electrons. The summed E-state index contributed by atoms with van der Waals surface area (Å²) < 4.78 is 32.9. The van der Waals surface area contributed by atoms with Crippen LogP contribution in [0.4, 0.5) is 0 Å². The molecule has 0 aliphatic carbocycles. The van der Waals surface area contributed by atoms with Crippen LogP contribution in [0.1, 0.15) is 41.4 Å². The summed E-state index contributed by atoms with van der Waals surface area (Å²) in [6.45, 7) is 4.14. The van der Waals surface area contributed by atoms with Crippen molar-refractivity contribution in [1.82, 2.24) is 9.62 Å².